The van der Waals surface area contributed by atoms with E-state index in [-0.39, 0.29) is 30.2 Å². The molecule has 1 heterocycles. The van der Waals surface area contributed by atoms with Crippen LogP contribution in [0.25, 0.3) is 0 Å². The van der Waals surface area contributed by atoms with Gasteiger partial charge in [-0.05, 0) is 35.7 Å². The molecule has 1 aliphatic rings. The van der Waals surface area contributed by atoms with E-state index in [1.165, 1.54) is 0 Å². The van der Waals surface area contributed by atoms with Crippen LogP contribution < -0.4 is 5.32 Å². The first-order chi connectivity index (χ1) is 10.9. The van der Waals surface area contributed by atoms with Gasteiger partial charge in [0.05, 0.1) is 0 Å². The normalized spacial score (nSPS) is 18.7. The van der Waals surface area contributed by atoms with Crippen LogP contribution in [0.5, 0.6) is 0 Å². The minimum atomic E-state index is -4.25. The lowest BCUT2D eigenvalue weighted by atomic mass is 9.89. The van der Waals surface area contributed by atoms with E-state index in [0.29, 0.717) is 10.8 Å². The van der Waals surface area contributed by atoms with E-state index in [1.807, 2.05) is 12.1 Å². The van der Waals surface area contributed by atoms with Gasteiger partial charge in [-0.2, -0.15) is 13.2 Å². The molecule has 1 saturated heterocycles. The van der Waals surface area contributed by atoms with Gasteiger partial charge < -0.3 is 5.32 Å². The molecule has 7 heteroatoms. The molecule has 2 atom stereocenters. The molecule has 1 N–H and O–H groups in total. The quantitative estimate of drug-likeness (QED) is 0.689. The standard InChI is InChI=1S/C17H25F3N2S.ClH/c1-3-6-13(2)16(22-11-9-21-10-12-22)14-7-4-5-8-15(14)23-17(18,19)20;/h4-5,7-8,13,16,21H,3,6,9-12H2,1-2H3;1H/t13?,16-;/m1./s1. The second-order valence-electron chi connectivity index (χ2n) is 6.08. The summed E-state index contributed by atoms with van der Waals surface area (Å²) in [6.45, 7) is 7.83. The van der Waals surface area contributed by atoms with Crippen LogP contribution in [0.3, 0.4) is 0 Å². The van der Waals surface area contributed by atoms with Crippen molar-refractivity contribution in [1.29, 1.82) is 0 Å². The number of piperazine rings is 1. The first kappa shape index (κ1) is 21.6. The number of halogens is 4. The molecule has 2 nitrogen and oxygen atoms in total. The van der Waals surface area contributed by atoms with Crippen molar-refractivity contribution in [3.05, 3.63) is 29.8 Å². The summed E-state index contributed by atoms with van der Waals surface area (Å²) in [5.74, 6) is 0.327. The number of alkyl halides is 3. The maximum absolute atomic E-state index is 12.9. The molecule has 138 valence electrons. The highest BCUT2D eigenvalue weighted by Crippen LogP contribution is 2.43. The van der Waals surface area contributed by atoms with E-state index in [0.717, 1.165) is 44.6 Å². The average Bonchev–Trinajstić information content (AvgIpc) is 2.49. The Morgan fingerprint density at radius 3 is 2.42 bits per heavy atom. The van der Waals surface area contributed by atoms with Crippen molar-refractivity contribution in [2.75, 3.05) is 26.2 Å². The summed E-state index contributed by atoms with van der Waals surface area (Å²) >= 11 is 0.0129. The van der Waals surface area contributed by atoms with Crippen molar-refractivity contribution < 1.29 is 13.2 Å². The Morgan fingerprint density at radius 1 is 1.21 bits per heavy atom. The Morgan fingerprint density at radius 2 is 1.83 bits per heavy atom. The predicted octanol–water partition coefficient (Wildman–Crippen LogP) is 5.10. The van der Waals surface area contributed by atoms with Gasteiger partial charge in [0.1, 0.15) is 0 Å². The van der Waals surface area contributed by atoms with E-state index in [2.05, 4.69) is 24.1 Å². The van der Waals surface area contributed by atoms with Crippen molar-refractivity contribution in [3.63, 3.8) is 0 Å². The second kappa shape index (κ2) is 9.90. The maximum Gasteiger partial charge on any atom is 0.446 e. The van der Waals surface area contributed by atoms with Gasteiger partial charge in [0.25, 0.3) is 0 Å². The summed E-state index contributed by atoms with van der Waals surface area (Å²) in [5, 5.41) is 3.32. The molecular weight excluding hydrogens is 357 g/mol. The third kappa shape index (κ3) is 6.14. The lowest BCUT2D eigenvalue weighted by Gasteiger charge is -2.39. The number of nitrogens with one attached hydrogen (secondary N) is 1. The topological polar surface area (TPSA) is 15.3 Å². The molecule has 1 unspecified atom stereocenters. The number of benzene rings is 1. The average molecular weight is 383 g/mol. The molecule has 0 aromatic heterocycles. The van der Waals surface area contributed by atoms with Crippen molar-refractivity contribution in [1.82, 2.24) is 10.2 Å². The fraction of sp³-hybridized carbons (Fsp3) is 0.647. The zero-order valence-electron chi connectivity index (χ0n) is 14.1. The third-order valence-corrected chi connectivity index (χ3v) is 5.11. The molecule has 2 rings (SSSR count). The molecule has 0 saturated carbocycles. The zero-order valence-corrected chi connectivity index (χ0v) is 15.7. The monoisotopic (exact) mass is 382 g/mol. The van der Waals surface area contributed by atoms with Crippen LogP contribution in [-0.4, -0.2) is 36.6 Å². The number of nitrogens with zero attached hydrogens (tertiary/aromatic N) is 1. The molecule has 1 aliphatic heterocycles. The number of rotatable bonds is 6. The van der Waals surface area contributed by atoms with Crippen LogP contribution in [0.15, 0.2) is 29.2 Å². The first-order valence-corrected chi connectivity index (χ1v) is 9.03. The SMILES string of the molecule is CCCC(C)[C@H](c1ccccc1SC(F)(F)F)N1CCNCC1.Cl. The highest BCUT2D eigenvalue weighted by atomic mass is 35.5. The summed E-state index contributed by atoms with van der Waals surface area (Å²) in [4.78, 5) is 2.68. The maximum atomic E-state index is 12.9. The van der Waals surface area contributed by atoms with Crippen molar-refractivity contribution in [2.24, 2.45) is 5.92 Å². The summed E-state index contributed by atoms with van der Waals surface area (Å²) < 4.78 is 38.7. The Kier molecular flexibility index (Phi) is 8.91. The first-order valence-electron chi connectivity index (χ1n) is 8.22. The Bertz CT molecular complexity index is 493. The molecule has 1 fully saturated rings. The lowest BCUT2D eigenvalue weighted by Crippen LogP contribution is -2.46. The molecule has 0 amide bonds. The fourth-order valence-electron chi connectivity index (χ4n) is 3.38. The van der Waals surface area contributed by atoms with Crippen LogP contribution in [0.2, 0.25) is 0 Å². The van der Waals surface area contributed by atoms with E-state index < -0.39 is 5.51 Å². The van der Waals surface area contributed by atoms with Crippen LogP contribution >= 0.6 is 24.2 Å². The van der Waals surface area contributed by atoms with Gasteiger partial charge in [-0.1, -0.05) is 38.5 Å². The van der Waals surface area contributed by atoms with Gasteiger partial charge in [0, 0.05) is 37.1 Å². The van der Waals surface area contributed by atoms with Crippen molar-refractivity contribution in [2.45, 2.75) is 43.1 Å². The third-order valence-electron chi connectivity index (χ3n) is 4.29. The van der Waals surface area contributed by atoms with Crippen LogP contribution in [0.1, 0.15) is 38.3 Å². The smallest absolute Gasteiger partial charge is 0.314 e. The Balaban J connectivity index is 0.00000288. The van der Waals surface area contributed by atoms with Crippen LogP contribution in [0.4, 0.5) is 13.2 Å². The van der Waals surface area contributed by atoms with E-state index in [1.54, 1.807) is 12.1 Å². The predicted molar refractivity (Wildman–Crippen MR) is 96.9 cm³/mol. The van der Waals surface area contributed by atoms with Gasteiger partial charge >= 0.3 is 5.51 Å². The molecule has 0 aliphatic carbocycles. The molecule has 1 aromatic rings. The summed E-state index contributed by atoms with van der Waals surface area (Å²) in [6, 6.07) is 7.05. The Hall–Kier alpha value is -0.430. The summed E-state index contributed by atoms with van der Waals surface area (Å²) in [7, 11) is 0. The number of thioether (sulfide) groups is 1. The number of hydrogen-bond acceptors (Lipinski definition) is 3. The van der Waals surface area contributed by atoms with Crippen molar-refractivity contribution >= 4 is 24.2 Å². The molecular formula is C17H26ClF3N2S. The van der Waals surface area contributed by atoms with E-state index >= 15 is 0 Å². The van der Waals surface area contributed by atoms with Crippen LogP contribution in [0, 0.1) is 5.92 Å². The van der Waals surface area contributed by atoms with Crippen molar-refractivity contribution in [3.8, 4) is 0 Å². The summed E-state index contributed by atoms with van der Waals surface area (Å²) in [5.41, 5.74) is -3.43. The molecule has 0 spiro atoms. The van der Waals surface area contributed by atoms with E-state index in [4.69, 9.17) is 0 Å². The van der Waals surface area contributed by atoms with Gasteiger partial charge in [-0.25, -0.2) is 0 Å². The van der Waals surface area contributed by atoms with Crippen LogP contribution in [-0.2, 0) is 0 Å². The van der Waals surface area contributed by atoms with Gasteiger partial charge in [-0.15, -0.1) is 12.4 Å². The van der Waals surface area contributed by atoms with Gasteiger partial charge in [0.15, 0.2) is 0 Å². The summed E-state index contributed by atoms with van der Waals surface area (Å²) in [6.07, 6.45) is 2.05. The van der Waals surface area contributed by atoms with Gasteiger partial charge in [0.2, 0.25) is 0 Å². The van der Waals surface area contributed by atoms with Gasteiger partial charge in [-0.3, -0.25) is 4.90 Å². The molecule has 24 heavy (non-hydrogen) atoms. The fourth-order valence-corrected chi connectivity index (χ4v) is 4.08. The highest BCUT2D eigenvalue weighted by Gasteiger charge is 2.34. The second-order valence-corrected chi connectivity index (χ2v) is 7.19. The minimum absolute atomic E-state index is 0. The minimum Gasteiger partial charge on any atom is -0.314 e. The highest BCUT2D eigenvalue weighted by molar-refractivity contribution is 8.00. The Labute approximate surface area is 153 Å². The molecule has 0 bridgehead atoms. The molecule has 1 aromatic carbocycles. The molecule has 0 radical (unpaired) electrons. The largest absolute Gasteiger partial charge is 0.446 e. The zero-order chi connectivity index (χ0) is 16.9. The number of hydrogen-bond donors (Lipinski definition) is 1. The van der Waals surface area contributed by atoms with E-state index in [9.17, 15) is 13.2 Å². The lowest BCUT2D eigenvalue weighted by molar-refractivity contribution is -0.0329.